The molecule has 0 saturated carbocycles. The van der Waals surface area contributed by atoms with Crippen LogP contribution in [0.3, 0.4) is 0 Å². The molecule has 0 atom stereocenters. The summed E-state index contributed by atoms with van der Waals surface area (Å²) in [5, 5.41) is 21.9. The maximum atomic E-state index is 8.89. The van der Waals surface area contributed by atoms with Crippen molar-refractivity contribution in [2.75, 3.05) is 0 Å². The van der Waals surface area contributed by atoms with E-state index in [2.05, 4.69) is 25.8 Å². The van der Waals surface area contributed by atoms with E-state index >= 15 is 0 Å². The number of pyridine rings is 1. The van der Waals surface area contributed by atoms with Gasteiger partial charge in [0.15, 0.2) is 17.9 Å². The third-order valence-electron chi connectivity index (χ3n) is 0.566. The third kappa shape index (κ3) is 212. The van der Waals surface area contributed by atoms with Gasteiger partial charge < -0.3 is 15.3 Å². The molecule has 0 aliphatic heterocycles. The SMILES string of the molecule is [CH2-]C(=O)O.[CH2-]C(=O)O.[CH2-]C(=O)O.[N]#[Gd].c1ccncc1. The first kappa shape index (κ1) is 26.7. The summed E-state index contributed by atoms with van der Waals surface area (Å²) in [6.07, 6.45) is 3.50. The van der Waals surface area contributed by atoms with Crippen LogP contribution in [-0.4, -0.2) is 38.2 Å². The van der Waals surface area contributed by atoms with Crippen molar-refractivity contribution >= 4 is 17.9 Å². The topological polar surface area (TPSA) is 149 Å². The van der Waals surface area contributed by atoms with Gasteiger partial charge in [-0.25, -0.2) is 0 Å². The molecule has 1 aromatic heterocycles. The number of carboxylic acid groups (broad SMARTS) is 3. The van der Waals surface area contributed by atoms with Crippen molar-refractivity contribution in [3.63, 3.8) is 0 Å². The van der Waals surface area contributed by atoms with Gasteiger partial charge >= 0.3 is 38.9 Å². The van der Waals surface area contributed by atoms with Crippen molar-refractivity contribution in [1.82, 2.24) is 4.98 Å². The first-order valence-electron chi connectivity index (χ1n) is 4.35. The summed E-state index contributed by atoms with van der Waals surface area (Å²) >= 11 is 0.861. The van der Waals surface area contributed by atoms with E-state index in [0.29, 0.717) is 0 Å². The molecule has 1 heterocycles. The molecule has 8 nitrogen and oxygen atoms in total. The summed E-state index contributed by atoms with van der Waals surface area (Å²) in [5.41, 5.74) is 0. The second-order valence-corrected chi connectivity index (χ2v) is 2.21. The van der Waals surface area contributed by atoms with Gasteiger partial charge in [0.1, 0.15) is 0 Å². The van der Waals surface area contributed by atoms with Crippen molar-refractivity contribution in [3.05, 3.63) is 51.4 Å². The van der Waals surface area contributed by atoms with E-state index in [9.17, 15) is 0 Å². The molecule has 3 N–H and O–H groups in total. The van der Waals surface area contributed by atoms with Crippen LogP contribution in [-0.2, 0) is 14.4 Å². The summed E-state index contributed by atoms with van der Waals surface area (Å²) in [4.78, 5) is 30.5. The number of nitrogens with zero attached hydrogens (tertiary/aromatic N) is 2. The Morgan fingerprint density at radius 1 is 0.800 bits per heavy atom. The molecule has 0 fully saturated rings. The predicted octanol–water partition coefficient (Wildman–Crippen LogP) is 0.812. The minimum absolute atomic E-state index is 0.861. The number of aromatic nitrogens is 1. The molecule has 0 saturated heterocycles. The molecule has 0 aromatic carbocycles. The van der Waals surface area contributed by atoms with Crippen LogP contribution in [0.1, 0.15) is 0 Å². The van der Waals surface area contributed by atoms with Crippen molar-refractivity contribution < 1.29 is 67.3 Å². The van der Waals surface area contributed by atoms with Gasteiger partial charge in [0.05, 0.1) is 0 Å². The first-order valence-corrected chi connectivity index (χ1v) is 5.37. The van der Waals surface area contributed by atoms with Crippen molar-refractivity contribution in [1.29, 1.82) is 1.33 Å². The van der Waals surface area contributed by atoms with E-state index in [1.807, 2.05) is 18.2 Å². The molecule has 20 heavy (non-hydrogen) atoms. The first-order chi connectivity index (χ1) is 9.20. The number of hydrogen-bond donors (Lipinski definition) is 3. The molecule has 1 rings (SSSR count). The molecule has 0 unspecified atom stereocenters. The van der Waals surface area contributed by atoms with E-state index in [-0.39, 0.29) is 0 Å². The normalized spacial score (nSPS) is 6.15. The van der Waals surface area contributed by atoms with E-state index in [0.717, 1.165) is 37.6 Å². The van der Waals surface area contributed by atoms with Crippen LogP contribution in [0.15, 0.2) is 30.6 Å². The Kier molecular flexibility index (Phi) is 34.6. The van der Waals surface area contributed by atoms with E-state index in [4.69, 9.17) is 31.0 Å². The van der Waals surface area contributed by atoms with Crippen LogP contribution in [0.5, 0.6) is 0 Å². The summed E-state index contributed by atoms with van der Waals surface area (Å²) in [5.74, 6) is -3.25. The smallest absolute Gasteiger partial charge is 0.0267 e. The molecular weight excluding hydrogens is 413 g/mol. The Labute approximate surface area is 142 Å². The Bertz CT molecular complexity index is 302. The molecule has 0 amide bonds. The average molecular weight is 427 g/mol. The maximum Gasteiger partial charge on any atom is 0.0267 e. The fourth-order valence-electron chi connectivity index (χ4n) is 0.313. The Hall–Kier alpha value is -1.80. The zero-order valence-corrected chi connectivity index (χ0v) is 12.6. The van der Waals surface area contributed by atoms with Crippen LogP contribution in [0, 0.1) is 59.7 Å². The summed E-state index contributed by atoms with van der Waals surface area (Å²) < 4.78 is 7.03. The number of carboxylic acids is 3. The third-order valence-corrected chi connectivity index (χ3v) is 0.566. The summed E-state index contributed by atoms with van der Waals surface area (Å²) in [7, 11) is 0. The fourth-order valence-corrected chi connectivity index (χ4v) is 0.313. The molecule has 115 valence electrons. The van der Waals surface area contributed by atoms with Crippen LogP contribution in [0.25, 0.3) is 0 Å². The van der Waals surface area contributed by atoms with Gasteiger partial charge in [0.2, 0.25) is 0 Å². The molecule has 0 spiro atoms. The van der Waals surface area contributed by atoms with Gasteiger partial charge in [-0.15, -0.1) is 0 Å². The van der Waals surface area contributed by atoms with Crippen molar-refractivity contribution in [3.8, 4) is 0 Å². The Morgan fingerprint density at radius 2 is 1.00 bits per heavy atom. The molecule has 1 aromatic rings. The fraction of sp³-hybridized carbons (Fsp3) is 0. The second kappa shape index (κ2) is 25.9. The van der Waals surface area contributed by atoms with E-state index in [1.54, 1.807) is 12.4 Å². The minimum atomic E-state index is -1.08. The molecule has 0 aliphatic carbocycles. The molecule has 0 radical (unpaired) electrons. The largest absolute Gasteiger partial charge is 0.265 e. The van der Waals surface area contributed by atoms with Crippen LogP contribution < -0.4 is 0 Å². The number of carbonyl (C=O) groups is 3. The molecular formula is C11H14GdN2O6-3. The molecule has 0 bridgehead atoms. The van der Waals surface area contributed by atoms with Crippen LogP contribution in [0.2, 0.25) is 0 Å². The maximum absolute atomic E-state index is 8.89. The monoisotopic (exact) mass is 428 g/mol. The average Bonchev–Trinajstić information content (AvgIpc) is 2.31. The van der Waals surface area contributed by atoms with Gasteiger partial charge in [0, 0.05) is 12.4 Å². The van der Waals surface area contributed by atoms with Gasteiger partial charge in [-0.05, 0) is 12.1 Å². The van der Waals surface area contributed by atoms with Gasteiger partial charge in [-0.1, -0.05) is 6.07 Å². The van der Waals surface area contributed by atoms with Gasteiger partial charge in [-0.3, -0.25) is 40.1 Å². The number of rotatable bonds is 0. The summed E-state index contributed by atoms with van der Waals surface area (Å²) in [6, 6.07) is 5.72. The van der Waals surface area contributed by atoms with Gasteiger partial charge in [0.25, 0.3) is 0 Å². The summed E-state index contributed by atoms with van der Waals surface area (Å²) in [6.45, 7) is 7.67. The Morgan fingerprint density at radius 3 is 1.05 bits per heavy atom. The van der Waals surface area contributed by atoms with E-state index < -0.39 is 17.9 Å². The Balaban J connectivity index is -0.0000000837. The van der Waals surface area contributed by atoms with Crippen LogP contribution >= 0.6 is 0 Å². The second-order valence-electron chi connectivity index (χ2n) is 2.21. The number of aliphatic carboxylic acids is 3. The van der Waals surface area contributed by atoms with E-state index in [1.165, 1.54) is 0 Å². The predicted molar refractivity (Wildman–Crippen MR) is 64.9 cm³/mol. The van der Waals surface area contributed by atoms with Crippen LogP contribution in [0.4, 0.5) is 0 Å². The molecule has 9 heteroatoms. The zero-order valence-electron chi connectivity index (χ0n) is 10.3. The van der Waals surface area contributed by atoms with Gasteiger partial charge in [-0.2, -0.15) is 0 Å². The zero-order chi connectivity index (χ0) is 17.0. The number of hydrogen-bond acceptors (Lipinski definition) is 5. The van der Waals surface area contributed by atoms with Crippen molar-refractivity contribution in [2.24, 2.45) is 0 Å². The van der Waals surface area contributed by atoms with Crippen molar-refractivity contribution in [2.45, 2.75) is 0 Å². The quantitative estimate of drug-likeness (QED) is 0.515. The standard InChI is InChI=1S/C5H5N.3C2H3O2.Gd.N/c1-2-4-6-5-3-1;3*1-2(3)4;;/h1-5H;3*1H2,(H,3,4);;/q;3*-1;;. The minimum Gasteiger partial charge on any atom is -0.265 e. The molecule has 0 aliphatic rings.